The minimum absolute atomic E-state index is 0.698. The van der Waals surface area contributed by atoms with Crippen LogP contribution in [0.3, 0.4) is 0 Å². The molecule has 0 aliphatic carbocycles. The van der Waals surface area contributed by atoms with Gasteiger partial charge in [-0.05, 0) is 92.7 Å². The summed E-state index contributed by atoms with van der Waals surface area (Å²) in [5.41, 5.74) is 11.8. The first kappa shape index (κ1) is 31.1. The minimum atomic E-state index is 0.698. The number of rotatable bonds is 6. The molecular formula is C50H32N2S. The number of fused-ring (bicyclic) bond motifs is 4. The summed E-state index contributed by atoms with van der Waals surface area (Å²) in [4.78, 5) is 10.4. The van der Waals surface area contributed by atoms with Gasteiger partial charge in [0.2, 0.25) is 0 Å². The van der Waals surface area contributed by atoms with Crippen LogP contribution < -0.4 is 0 Å². The smallest absolute Gasteiger partial charge is 0.160 e. The Morgan fingerprint density at radius 1 is 0.283 bits per heavy atom. The third kappa shape index (κ3) is 5.97. The van der Waals surface area contributed by atoms with Crippen LogP contribution in [0.15, 0.2) is 194 Å². The molecular weight excluding hydrogens is 661 g/mol. The van der Waals surface area contributed by atoms with Crippen LogP contribution in [0.5, 0.6) is 0 Å². The molecule has 3 heteroatoms. The van der Waals surface area contributed by atoms with Gasteiger partial charge < -0.3 is 0 Å². The van der Waals surface area contributed by atoms with Crippen LogP contribution in [-0.4, -0.2) is 9.97 Å². The molecule has 0 fully saturated rings. The van der Waals surface area contributed by atoms with Gasteiger partial charge in [-0.2, -0.15) is 0 Å². The fraction of sp³-hybridized carbons (Fsp3) is 0. The van der Waals surface area contributed by atoms with Crippen molar-refractivity contribution in [1.82, 2.24) is 9.97 Å². The largest absolute Gasteiger partial charge is 0.228 e. The lowest BCUT2D eigenvalue weighted by Gasteiger charge is -2.13. The summed E-state index contributed by atoms with van der Waals surface area (Å²) in [5.74, 6) is 0.698. The Bertz CT molecular complexity index is 2930. The summed E-state index contributed by atoms with van der Waals surface area (Å²) in [6.45, 7) is 0. The van der Waals surface area contributed by atoms with E-state index in [-0.39, 0.29) is 0 Å². The molecule has 0 N–H and O–H groups in total. The summed E-state index contributed by atoms with van der Waals surface area (Å²) in [5, 5.41) is 5.07. The van der Waals surface area contributed by atoms with E-state index in [4.69, 9.17) is 9.97 Å². The number of hydrogen-bond acceptors (Lipinski definition) is 3. The van der Waals surface area contributed by atoms with E-state index < -0.39 is 0 Å². The Labute approximate surface area is 312 Å². The van der Waals surface area contributed by atoms with E-state index in [1.54, 1.807) is 0 Å². The van der Waals surface area contributed by atoms with Crippen LogP contribution in [-0.2, 0) is 0 Å². The maximum absolute atomic E-state index is 5.29. The van der Waals surface area contributed by atoms with E-state index in [1.807, 2.05) is 17.4 Å². The van der Waals surface area contributed by atoms with Gasteiger partial charge in [0.05, 0.1) is 11.4 Å². The molecule has 0 bridgehead atoms. The molecule has 2 heterocycles. The second-order valence-corrected chi connectivity index (χ2v) is 14.5. The summed E-state index contributed by atoms with van der Waals surface area (Å²) in [6, 6.07) is 69.3. The molecule has 2 nitrogen and oxygen atoms in total. The Balaban J connectivity index is 1.12. The monoisotopic (exact) mass is 692 g/mol. The summed E-state index contributed by atoms with van der Waals surface area (Å²) < 4.78 is 2.61. The first-order valence-corrected chi connectivity index (χ1v) is 18.7. The maximum atomic E-state index is 5.29. The third-order valence-corrected chi connectivity index (χ3v) is 11.2. The lowest BCUT2D eigenvalue weighted by Crippen LogP contribution is -1.96. The van der Waals surface area contributed by atoms with Gasteiger partial charge in [0.15, 0.2) is 5.82 Å². The van der Waals surface area contributed by atoms with Crippen molar-refractivity contribution in [2.75, 3.05) is 0 Å². The number of thiophene rings is 1. The molecule has 0 saturated carbocycles. The average molecular weight is 693 g/mol. The van der Waals surface area contributed by atoms with Crippen molar-refractivity contribution >= 4 is 42.3 Å². The summed E-state index contributed by atoms with van der Waals surface area (Å²) >= 11 is 1.85. The molecule has 8 aromatic carbocycles. The van der Waals surface area contributed by atoms with Gasteiger partial charge in [0.25, 0.3) is 0 Å². The summed E-state index contributed by atoms with van der Waals surface area (Å²) in [7, 11) is 0. The molecule has 0 atom stereocenters. The fourth-order valence-electron chi connectivity index (χ4n) is 7.31. The second-order valence-electron chi connectivity index (χ2n) is 13.4. The number of aromatic nitrogens is 2. The molecule has 0 unspecified atom stereocenters. The SMILES string of the molecule is c1ccc(-c2cc(-c3ccc4sc5ccccc5c4c3)cc(-c3cc(-c4ccccc4)nc(-c4ccc(-c5ccc6ccccc6c5)cc4)n3)c2)cc1. The zero-order chi connectivity index (χ0) is 35.1. The molecule has 0 saturated heterocycles. The predicted octanol–water partition coefficient (Wildman–Crippen LogP) is 14.0. The van der Waals surface area contributed by atoms with Crippen molar-refractivity contribution in [2.45, 2.75) is 0 Å². The zero-order valence-electron chi connectivity index (χ0n) is 28.8. The highest BCUT2D eigenvalue weighted by Gasteiger charge is 2.15. The van der Waals surface area contributed by atoms with E-state index in [2.05, 4.69) is 188 Å². The van der Waals surface area contributed by atoms with Gasteiger partial charge in [-0.3, -0.25) is 0 Å². The highest BCUT2D eigenvalue weighted by Crippen LogP contribution is 2.39. The van der Waals surface area contributed by atoms with Gasteiger partial charge in [0.1, 0.15) is 0 Å². The highest BCUT2D eigenvalue weighted by molar-refractivity contribution is 7.25. The molecule has 0 spiro atoms. The summed E-state index contributed by atoms with van der Waals surface area (Å²) in [6.07, 6.45) is 0. The van der Waals surface area contributed by atoms with Crippen molar-refractivity contribution in [1.29, 1.82) is 0 Å². The van der Waals surface area contributed by atoms with Crippen molar-refractivity contribution < 1.29 is 0 Å². The van der Waals surface area contributed by atoms with Crippen molar-refractivity contribution in [3.63, 3.8) is 0 Å². The minimum Gasteiger partial charge on any atom is -0.228 e. The zero-order valence-corrected chi connectivity index (χ0v) is 29.6. The Hall–Kier alpha value is -6.68. The van der Waals surface area contributed by atoms with Gasteiger partial charge in [-0.1, -0.05) is 146 Å². The molecule has 10 aromatic rings. The normalized spacial score (nSPS) is 11.4. The van der Waals surface area contributed by atoms with E-state index in [9.17, 15) is 0 Å². The quantitative estimate of drug-likeness (QED) is 0.173. The van der Waals surface area contributed by atoms with E-state index >= 15 is 0 Å². The number of nitrogens with zero attached hydrogens (tertiary/aromatic N) is 2. The Kier molecular flexibility index (Phi) is 7.71. The number of hydrogen-bond donors (Lipinski definition) is 0. The maximum Gasteiger partial charge on any atom is 0.160 e. The lowest BCUT2D eigenvalue weighted by atomic mass is 9.94. The first-order chi connectivity index (χ1) is 26.2. The van der Waals surface area contributed by atoms with E-state index in [0.717, 1.165) is 44.8 Å². The third-order valence-electron chi connectivity index (χ3n) is 10.1. The van der Waals surface area contributed by atoms with Crippen LogP contribution in [0, 0.1) is 0 Å². The van der Waals surface area contributed by atoms with Crippen LogP contribution in [0.25, 0.3) is 98.2 Å². The van der Waals surface area contributed by atoms with E-state index in [1.165, 1.54) is 47.6 Å². The van der Waals surface area contributed by atoms with Crippen LogP contribution >= 0.6 is 11.3 Å². The van der Waals surface area contributed by atoms with Crippen LogP contribution in [0.4, 0.5) is 0 Å². The lowest BCUT2D eigenvalue weighted by molar-refractivity contribution is 1.18. The van der Waals surface area contributed by atoms with E-state index in [0.29, 0.717) is 5.82 Å². The first-order valence-electron chi connectivity index (χ1n) is 17.9. The van der Waals surface area contributed by atoms with Gasteiger partial charge in [-0.15, -0.1) is 11.3 Å². The van der Waals surface area contributed by atoms with Gasteiger partial charge in [-0.25, -0.2) is 9.97 Å². The molecule has 0 radical (unpaired) electrons. The molecule has 2 aromatic heterocycles. The molecule has 248 valence electrons. The molecule has 0 aliphatic rings. The molecule has 53 heavy (non-hydrogen) atoms. The topological polar surface area (TPSA) is 25.8 Å². The van der Waals surface area contributed by atoms with Crippen molar-refractivity contribution in [3.05, 3.63) is 194 Å². The molecule has 0 amide bonds. The van der Waals surface area contributed by atoms with Crippen molar-refractivity contribution in [3.8, 4) is 67.3 Å². The van der Waals surface area contributed by atoms with Gasteiger partial charge >= 0.3 is 0 Å². The highest BCUT2D eigenvalue weighted by atomic mass is 32.1. The van der Waals surface area contributed by atoms with Gasteiger partial charge in [0, 0.05) is 36.9 Å². The Morgan fingerprint density at radius 3 is 1.60 bits per heavy atom. The van der Waals surface area contributed by atoms with Crippen LogP contribution in [0.2, 0.25) is 0 Å². The fourth-order valence-corrected chi connectivity index (χ4v) is 8.39. The standard InChI is InChI=1S/C50H32N2S/c1-3-11-33(12-4-1)41-28-42(40-25-26-49-45(31-40)44-17-9-10-18-48(44)53-49)30-43(29-41)47-32-46(36-14-5-2-6-15-36)51-50(52-47)37-22-19-35(20-23-37)39-24-21-34-13-7-8-16-38(34)27-39/h1-32H. The van der Waals surface area contributed by atoms with Crippen LogP contribution in [0.1, 0.15) is 0 Å². The predicted molar refractivity (Wildman–Crippen MR) is 225 cm³/mol. The average Bonchev–Trinajstić information content (AvgIpc) is 3.62. The molecule has 10 rings (SSSR count). The Morgan fingerprint density at radius 2 is 0.811 bits per heavy atom. The number of benzene rings is 8. The van der Waals surface area contributed by atoms with Crippen molar-refractivity contribution in [2.24, 2.45) is 0 Å². The molecule has 0 aliphatic heterocycles. The second kappa shape index (κ2) is 13.1.